The van der Waals surface area contributed by atoms with E-state index in [1.807, 2.05) is 25.1 Å². The third-order valence-electron chi connectivity index (χ3n) is 2.68. The molecule has 1 amide bonds. The van der Waals surface area contributed by atoms with Crippen LogP contribution in [-0.2, 0) is 4.79 Å². The van der Waals surface area contributed by atoms with Crippen molar-refractivity contribution in [1.82, 2.24) is 4.98 Å². The zero-order chi connectivity index (χ0) is 14.5. The summed E-state index contributed by atoms with van der Waals surface area (Å²) < 4.78 is 0. The molecule has 2 aromatic rings. The maximum Gasteiger partial charge on any atom is 0.234 e. The Morgan fingerprint density at radius 1 is 1.40 bits per heavy atom. The molecule has 1 aromatic carbocycles. The summed E-state index contributed by atoms with van der Waals surface area (Å²) in [6, 6.07) is 9.18. The Kier molecular flexibility index (Phi) is 4.87. The van der Waals surface area contributed by atoms with Crippen LogP contribution >= 0.6 is 23.4 Å². The van der Waals surface area contributed by atoms with Crippen molar-refractivity contribution in [2.45, 2.75) is 11.8 Å². The Morgan fingerprint density at radius 2 is 2.20 bits per heavy atom. The van der Waals surface area contributed by atoms with Crippen molar-refractivity contribution in [2.75, 3.05) is 16.8 Å². The van der Waals surface area contributed by atoms with Gasteiger partial charge in [0.15, 0.2) is 5.15 Å². The number of hydrogen-bond acceptors (Lipinski definition) is 4. The lowest BCUT2D eigenvalue weighted by atomic mass is 10.2. The maximum atomic E-state index is 11.9. The summed E-state index contributed by atoms with van der Waals surface area (Å²) in [7, 11) is 0. The number of nitrogens with two attached hydrogens (primary N) is 1. The highest BCUT2D eigenvalue weighted by molar-refractivity contribution is 8.00. The first-order chi connectivity index (χ1) is 9.58. The summed E-state index contributed by atoms with van der Waals surface area (Å²) in [5.41, 5.74) is 8.19. The number of amides is 1. The third kappa shape index (κ3) is 3.65. The monoisotopic (exact) mass is 307 g/mol. The number of aromatic nitrogens is 1. The van der Waals surface area contributed by atoms with E-state index in [-0.39, 0.29) is 16.8 Å². The van der Waals surface area contributed by atoms with Gasteiger partial charge in [-0.25, -0.2) is 4.98 Å². The van der Waals surface area contributed by atoms with Gasteiger partial charge in [0.25, 0.3) is 0 Å². The van der Waals surface area contributed by atoms with Gasteiger partial charge in [-0.15, -0.1) is 11.8 Å². The van der Waals surface area contributed by atoms with Crippen LogP contribution in [0.5, 0.6) is 0 Å². The number of carbonyl (C=O) groups is 1. The molecule has 2 rings (SSSR count). The lowest BCUT2D eigenvalue weighted by Crippen LogP contribution is -2.14. The van der Waals surface area contributed by atoms with Gasteiger partial charge < -0.3 is 11.1 Å². The summed E-state index contributed by atoms with van der Waals surface area (Å²) in [5, 5.41) is 3.00. The Labute approximate surface area is 126 Å². The second kappa shape index (κ2) is 6.63. The molecule has 4 nitrogen and oxygen atoms in total. The lowest BCUT2D eigenvalue weighted by Gasteiger charge is -2.08. The summed E-state index contributed by atoms with van der Waals surface area (Å²) in [6.45, 7) is 1.94. The topological polar surface area (TPSA) is 68.0 Å². The molecule has 3 N–H and O–H groups in total. The number of carbonyl (C=O) groups excluding carboxylic acids is 1. The lowest BCUT2D eigenvalue weighted by molar-refractivity contribution is -0.113. The zero-order valence-electron chi connectivity index (χ0n) is 10.9. The van der Waals surface area contributed by atoms with E-state index in [0.29, 0.717) is 11.4 Å². The Balaban J connectivity index is 1.96. The van der Waals surface area contributed by atoms with Crippen molar-refractivity contribution in [1.29, 1.82) is 0 Å². The van der Waals surface area contributed by atoms with Gasteiger partial charge in [-0.1, -0.05) is 23.7 Å². The summed E-state index contributed by atoms with van der Waals surface area (Å²) in [6.07, 6.45) is 1.57. The fourth-order valence-corrected chi connectivity index (χ4v) is 2.61. The molecular weight excluding hydrogens is 294 g/mol. The Hall–Kier alpha value is -1.72. The molecule has 0 unspecified atom stereocenters. The fourth-order valence-electron chi connectivity index (χ4n) is 1.59. The van der Waals surface area contributed by atoms with Gasteiger partial charge in [0.2, 0.25) is 5.91 Å². The van der Waals surface area contributed by atoms with Crippen LogP contribution < -0.4 is 11.1 Å². The van der Waals surface area contributed by atoms with Gasteiger partial charge in [0.1, 0.15) is 0 Å². The summed E-state index contributed by atoms with van der Waals surface area (Å²) in [4.78, 5) is 16.7. The minimum atomic E-state index is -0.147. The number of nitrogens with one attached hydrogen (secondary N) is 1. The Morgan fingerprint density at radius 3 is 2.95 bits per heavy atom. The maximum absolute atomic E-state index is 11.9. The SMILES string of the molecule is Cc1cccc(SCC(=O)Nc2cccnc2Cl)c1N. The van der Waals surface area contributed by atoms with Crippen molar-refractivity contribution < 1.29 is 4.79 Å². The highest BCUT2D eigenvalue weighted by atomic mass is 35.5. The van der Waals surface area contributed by atoms with E-state index in [1.165, 1.54) is 11.8 Å². The molecule has 0 spiro atoms. The van der Waals surface area contributed by atoms with Gasteiger partial charge in [0.05, 0.1) is 11.4 Å². The molecule has 1 aromatic heterocycles. The van der Waals surface area contributed by atoms with Crippen LogP contribution in [0, 0.1) is 6.92 Å². The number of pyridine rings is 1. The second-order valence-corrected chi connectivity index (χ2v) is 5.54. The number of anilines is 2. The smallest absolute Gasteiger partial charge is 0.234 e. The van der Waals surface area contributed by atoms with E-state index in [0.717, 1.165) is 10.5 Å². The molecule has 0 bridgehead atoms. The van der Waals surface area contributed by atoms with Crippen LogP contribution in [0.1, 0.15) is 5.56 Å². The third-order valence-corrected chi connectivity index (χ3v) is 4.05. The number of rotatable bonds is 4. The van der Waals surface area contributed by atoms with Gasteiger partial charge in [-0.05, 0) is 30.7 Å². The molecule has 0 saturated heterocycles. The summed E-state index contributed by atoms with van der Waals surface area (Å²) >= 11 is 7.27. The molecule has 20 heavy (non-hydrogen) atoms. The Bertz CT molecular complexity index is 634. The van der Waals surface area contributed by atoms with Crippen LogP contribution in [0.2, 0.25) is 5.15 Å². The minimum Gasteiger partial charge on any atom is -0.398 e. The number of para-hydroxylation sites is 1. The zero-order valence-corrected chi connectivity index (χ0v) is 12.5. The summed E-state index contributed by atoms with van der Waals surface area (Å²) in [5.74, 6) is 0.115. The van der Waals surface area contributed by atoms with E-state index < -0.39 is 0 Å². The van der Waals surface area contributed by atoms with E-state index in [2.05, 4.69) is 10.3 Å². The molecule has 1 heterocycles. The van der Waals surface area contributed by atoms with Gasteiger partial charge in [-0.3, -0.25) is 4.79 Å². The predicted molar refractivity (Wildman–Crippen MR) is 84.2 cm³/mol. The number of hydrogen-bond donors (Lipinski definition) is 2. The van der Waals surface area contributed by atoms with Crippen LogP contribution in [-0.4, -0.2) is 16.6 Å². The molecule has 0 aliphatic heterocycles. The van der Waals surface area contributed by atoms with Crippen molar-refractivity contribution >= 4 is 40.6 Å². The van der Waals surface area contributed by atoms with Crippen LogP contribution in [0.4, 0.5) is 11.4 Å². The largest absolute Gasteiger partial charge is 0.398 e. The first-order valence-electron chi connectivity index (χ1n) is 5.96. The number of nitrogens with zero attached hydrogens (tertiary/aromatic N) is 1. The highest BCUT2D eigenvalue weighted by Crippen LogP contribution is 2.27. The molecule has 6 heteroatoms. The molecule has 0 saturated carbocycles. The molecule has 104 valence electrons. The van der Waals surface area contributed by atoms with E-state index in [1.54, 1.807) is 18.3 Å². The van der Waals surface area contributed by atoms with Crippen molar-refractivity contribution in [2.24, 2.45) is 0 Å². The minimum absolute atomic E-state index is 0.147. The predicted octanol–water partition coefficient (Wildman–Crippen LogP) is 3.36. The first kappa shape index (κ1) is 14.7. The molecule has 0 radical (unpaired) electrons. The average Bonchev–Trinajstić information content (AvgIpc) is 2.43. The van der Waals surface area contributed by atoms with Gasteiger partial charge in [0, 0.05) is 16.8 Å². The first-order valence-corrected chi connectivity index (χ1v) is 7.32. The van der Waals surface area contributed by atoms with Crippen molar-refractivity contribution in [3.63, 3.8) is 0 Å². The number of benzene rings is 1. The number of halogens is 1. The number of nitrogen functional groups attached to an aromatic ring is 1. The van der Waals surface area contributed by atoms with Crippen molar-refractivity contribution in [3.05, 3.63) is 47.2 Å². The van der Waals surface area contributed by atoms with Crippen LogP contribution in [0.15, 0.2) is 41.4 Å². The van der Waals surface area contributed by atoms with Gasteiger partial charge >= 0.3 is 0 Å². The normalized spacial score (nSPS) is 10.3. The fraction of sp³-hybridized carbons (Fsp3) is 0.143. The van der Waals surface area contributed by atoms with E-state index in [9.17, 15) is 4.79 Å². The molecule has 0 aliphatic rings. The van der Waals surface area contributed by atoms with Gasteiger partial charge in [-0.2, -0.15) is 0 Å². The number of thioether (sulfide) groups is 1. The highest BCUT2D eigenvalue weighted by Gasteiger charge is 2.08. The van der Waals surface area contributed by atoms with Crippen LogP contribution in [0.3, 0.4) is 0 Å². The average molecular weight is 308 g/mol. The quantitative estimate of drug-likeness (QED) is 0.516. The second-order valence-electron chi connectivity index (χ2n) is 4.17. The standard InChI is InChI=1S/C14H14ClN3OS/c1-9-4-2-6-11(13(9)16)20-8-12(19)18-10-5-3-7-17-14(10)15/h2-7H,8,16H2,1H3,(H,18,19). The molecule has 0 atom stereocenters. The van der Waals surface area contributed by atoms with E-state index >= 15 is 0 Å². The number of aryl methyl sites for hydroxylation is 1. The van der Waals surface area contributed by atoms with Crippen molar-refractivity contribution in [3.8, 4) is 0 Å². The molecule has 0 fully saturated rings. The molecule has 0 aliphatic carbocycles. The van der Waals surface area contributed by atoms with Crippen LogP contribution in [0.25, 0.3) is 0 Å². The van der Waals surface area contributed by atoms with E-state index in [4.69, 9.17) is 17.3 Å². The molecular formula is C14H14ClN3OS.